The summed E-state index contributed by atoms with van der Waals surface area (Å²) in [7, 11) is 0. The summed E-state index contributed by atoms with van der Waals surface area (Å²) >= 11 is 0. The summed E-state index contributed by atoms with van der Waals surface area (Å²) in [6.07, 6.45) is 0. The van der Waals surface area contributed by atoms with Crippen molar-refractivity contribution in [3.63, 3.8) is 0 Å². The fraction of sp³-hybridized carbons (Fsp3) is 0.429. The minimum absolute atomic E-state index is 0.133. The molecule has 0 aromatic heterocycles. The van der Waals surface area contributed by atoms with E-state index in [4.69, 9.17) is 0 Å². The van der Waals surface area contributed by atoms with Crippen molar-refractivity contribution in [3.05, 3.63) is 29.6 Å². The maximum absolute atomic E-state index is 13.3. The summed E-state index contributed by atoms with van der Waals surface area (Å²) in [5.41, 5.74) is -0.133. The number of nitrogens with zero attached hydrogens (tertiary/aromatic N) is 1. The van der Waals surface area contributed by atoms with Crippen LogP contribution in [0.3, 0.4) is 0 Å². The number of halogens is 1. The molecule has 3 N–H and O–H groups in total. The zero-order chi connectivity index (χ0) is 15.4. The summed E-state index contributed by atoms with van der Waals surface area (Å²) < 4.78 is 13.3. The molecule has 114 valence electrons. The molecule has 2 amide bonds. The Morgan fingerprint density at radius 2 is 2.29 bits per heavy atom. The van der Waals surface area contributed by atoms with Crippen LogP contribution in [-0.2, 0) is 4.79 Å². The second kappa shape index (κ2) is 6.53. The molecule has 0 saturated carbocycles. The number of hydrogen-bond acceptors (Lipinski definition) is 4. The second-order valence-electron chi connectivity index (χ2n) is 4.77. The first kappa shape index (κ1) is 15.2. The van der Waals surface area contributed by atoms with Gasteiger partial charge in [-0.1, -0.05) is 0 Å². The SMILES string of the molecule is CCNC(=O)C1CNCCN1C(=O)c1cc(F)ccc1O. The van der Waals surface area contributed by atoms with Gasteiger partial charge in [0.1, 0.15) is 17.6 Å². The molecule has 2 rings (SSSR count). The standard InChI is InChI=1S/C14H18FN3O3/c1-2-17-13(20)11-8-16-5-6-18(11)14(21)10-7-9(15)3-4-12(10)19/h3-4,7,11,16,19H,2,5-6,8H2,1H3,(H,17,20). The first-order chi connectivity index (χ1) is 10.0. The summed E-state index contributed by atoms with van der Waals surface area (Å²) in [5, 5.41) is 15.4. The minimum atomic E-state index is -0.672. The lowest BCUT2D eigenvalue weighted by molar-refractivity contribution is -0.126. The number of carbonyl (C=O) groups excluding carboxylic acids is 2. The average molecular weight is 295 g/mol. The van der Waals surface area contributed by atoms with Crippen LogP contribution in [0.15, 0.2) is 18.2 Å². The number of hydrogen-bond donors (Lipinski definition) is 3. The van der Waals surface area contributed by atoms with E-state index in [0.717, 1.165) is 18.2 Å². The molecular weight excluding hydrogens is 277 g/mol. The number of rotatable bonds is 3. The molecule has 1 heterocycles. The van der Waals surface area contributed by atoms with E-state index in [1.165, 1.54) is 4.90 Å². The Kier molecular flexibility index (Phi) is 4.74. The van der Waals surface area contributed by atoms with Crippen molar-refractivity contribution in [1.29, 1.82) is 0 Å². The van der Waals surface area contributed by atoms with Gasteiger partial charge < -0.3 is 20.6 Å². The topological polar surface area (TPSA) is 81.7 Å². The lowest BCUT2D eigenvalue weighted by atomic mass is 10.1. The van der Waals surface area contributed by atoms with Crippen LogP contribution in [0.5, 0.6) is 5.75 Å². The molecule has 6 nitrogen and oxygen atoms in total. The summed E-state index contributed by atoms with van der Waals surface area (Å²) in [6, 6.07) is 2.51. The fourth-order valence-electron chi connectivity index (χ4n) is 2.31. The number of carbonyl (C=O) groups is 2. The molecule has 1 aromatic carbocycles. The van der Waals surface area contributed by atoms with Crippen molar-refractivity contribution in [3.8, 4) is 5.75 Å². The lowest BCUT2D eigenvalue weighted by Gasteiger charge is -2.35. The van der Waals surface area contributed by atoms with Gasteiger partial charge in [0, 0.05) is 26.2 Å². The van der Waals surface area contributed by atoms with E-state index in [2.05, 4.69) is 10.6 Å². The number of piperazine rings is 1. The molecule has 1 aliphatic rings. The molecule has 1 unspecified atom stereocenters. The molecule has 0 aliphatic carbocycles. The molecule has 0 spiro atoms. The van der Waals surface area contributed by atoms with Gasteiger partial charge in [-0.25, -0.2) is 4.39 Å². The van der Waals surface area contributed by atoms with Crippen molar-refractivity contribution in [2.45, 2.75) is 13.0 Å². The Hall–Kier alpha value is -2.15. The Labute approximate surface area is 121 Å². The van der Waals surface area contributed by atoms with Gasteiger partial charge in [0.25, 0.3) is 5.91 Å². The van der Waals surface area contributed by atoms with Crippen LogP contribution in [0.25, 0.3) is 0 Å². The van der Waals surface area contributed by atoms with Crippen molar-refractivity contribution in [2.24, 2.45) is 0 Å². The van der Waals surface area contributed by atoms with Crippen LogP contribution < -0.4 is 10.6 Å². The molecule has 7 heteroatoms. The molecule has 1 atom stereocenters. The van der Waals surface area contributed by atoms with Crippen LogP contribution in [0.2, 0.25) is 0 Å². The molecule has 0 bridgehead atoms. The predicted molar refractivity (Wildman–Crippen MR) is 74.4 cm³/mol. The Balaban J connectivity index is 2.26. The highest BCUT2D eigenvalue weighted by molar-refractivity contribution is 5.99. The van der Waals surface area contributed by atoms with Gasteiger partial charge in [-0.2, -0.15) is 0 Å². The zero-order valence-corrected chi connectivity index (χ0v) is 11.7. The van der Waals surface area contributed by atoms with Crippen LogP contribution in [-0.4, -0.2) is 54.0 Å². The second-order valence-corrected chi connectivity index (χ2v) is 4.77. The third-order valence-electron chi connectivity index (χ3n) is 3.35. The summed E-state index contributed by atoms with van der Waals surface area (Å²) in [6.45, 7) is 3.43. The van der Waals surface area contributed by atoms with Gasteiger partial charge in [-0.05, 0) is 25.1 Å². The molecule has 21 heavy (non-hydrogen) atoms. The van der Waals surface area contributed by atoms with Crippen molar-refractivity contribution >= 4 is 11.8 Å². The summed E-state index contributed by atoms with van der Waals surface area (Å²) in [4.78, 5) is 25.9. The highest BCUT2D eigenvalue weighted by Crippen LogP contribution is 2.21. The largest absolute Gasteiger partial charge is 0.507 e. The van der Waals surface area contributed by atoms with Gasteiger partial charge in [0.2, 0.25) is 5.91 Å². The normalized spacial score (nSPS) is 18.4. The van der Waals surface area contributed by atoms with E-state index < -0.39 is 17.8 Å². The quantitative estimate of drug-likeness (QED) is 0.738. The Morgan fingerprint density at radius 1 is 1.52 bits per heavy atom. The van der Waals surface area contributed by atoms with E-state index in [1.54, 1.807) is 6.92 Å². The monoisotopic (exact) mass is 295 g/mol. The Bertz CT molecular complexity index is 550. The molecule has 1 saturated heterocycles. The third-order valence-corrected chi connectivity index (χ3v) is 3.35. The van der Waals surface area contributed by atoms with Crippen LogP contribution in [0.1, 0.15) is 17.3 Å². The van der Waals surface area contributed by atoms with E-state index >= 15 is 0 Å². The molecule has 1 aromatic rings. The number of benzene rings is 1. The van der Waals surface area contributed by atoms with Gasteiger partial charge in [0.05, 0.1) is 5.56 Å². The minimum Gasteiger partial charge on any atom is -0.507 e. The highest BCUT2D eigenvalue weighted by Gasteiger charge is 2.33. The van der Waals surface area contributed by atoms with Gasteiger partial charge >= 0.3 is 0 Å². The number of phenols is 1. The molecule has 1 fully saturated rings. The van der Waals surface area contributed by atoms with Crippen molar-refractivity contribution in [2.75, 3.05) is 26.2 Å². The number of phenolic OH excluding ortho intramolecular Hbond substituents is 1. The van der Waals surface area contributed by atoms with E-state index in [-0.39, 0.29) is 17.2 Å². The number of likely N-dealkylation sites (N-methyl/N-ethyl adjacent to an activating group) is 1. The zero-order valence-electron chi connectivity index (χ0n) is 11.7. The molecule has 0 radical (unpaired) electrons. The van der Waals surface area contributed by atoms with Gasteiger partial charge in [-0.15, -0.1) is 0 Å². The predicted octanol–water partition coefficient (Wildman–Crippen LogP) is 0.0814. The molecular formula is C14H18FN3O3. The van der Waals surface area contributed by atoms with Crippen molar-refractivity contribution in [1.82, 2.24) is 15.5 Å². The average Bonchev–Trinajstić information content (AvgIpc) is 2.49. The third kappa shape index (κ3) is 3.30. The van der Waals surface area contributed by atoms with E-state index in [0.29, 0.717) is 26.2 Å². The van der Waals surface area contributed by atoms with Crippen LogP contribution in [0.4, 0.5) is 4.39 Å². The maximum Gasteiger partial charge on any atom is 0.258 e. The van der Waals surface area contributed by atoms with Gasteiger partial charge in [-0.3, -0.25) is 9.59 Å². The highest BCUT2D eigenvalue weighted by atomic mass is 19.1. The number of aromatic hydroxyl groups is 1. The van der Waals surface area contributed by atoms with E-state index in [1.807, 2.05) is 0 Å². The summed E-state index contributed by atoms with van der Waals surface area (Å²) in [5.74, 6) is -1.73. The van der Waals surface area contributed by atoms with E-state index in [9.17, 15) is 19.1 Å². The smallest absolute Gasteiger partial charge is 0.258 e. The van der Waals surface area contributed by atoms with Crippen LogP contribution >= 0.6 is 0 Å². The number of nitrogens with one attached hydrogen (secondary N) is 2. The van der Waals surface area contributed by atoms with Gasteiger partial charge in [0.15, 0.2) is 0 Å². The first-order valence-corrected chi connectivity index (χ1v) is 6.82. The first-order valence-electron chi connectivity index (χ1n) is 6.82. The Morgan fingerprint density at radius 3 is 3.00 bits per heavy atom. The van der Waals surface area contributed by atoms with Crippen LogP contribution in [0, 0.1) is 5.82 Å². The lowest BCUT2D eigenvalue weighted by Crippen LogP contribution is -2.59. The molecule has 1 aliphatic heterocycles. The maximum atomic E-state index is 13.3. The van der Waals surface area contributed by atoms with Crippen molar-refractivity contribution < 1.29 is 19.1 Å². The number of amides is 2. The fourth-order valence-corrected chi connectivity index (χ4v) is 2.31.